The third kappa shape index (κ3) is 2.66. The van der Waals surface area contributed by atoms with Crippen LogP contribution >= 0.6 is 0 Å². The Kier molecular flexibility index (Phi) is 4.06. The Morgan fingerprint density at radius 3 is 2.67 bits per heavy atom. The van der Waals surface area contributed by atoms with E-state index in [1.54, 1.807) is 0 Å². The highest BCUT2D eigenvalue weighted by molar-refractivity contribution is 5.98. The van der Waals surface area contributed by atoms with Crippen LogP contribution in [0.1, 0.15) is 36.5 Å². The Morgan fingerprint density at radius 1 is 1.33 bits per heavy atom. The normalized spacial score (nSPS) is 21.5. The number of hydrogen-bond acceptors (Lipinski definition) is 4. The van der Waals surface area contributed by atoms with Gasteiger partial charge in [0.1, 0.15) is 0 Å². The quantitative estimate of drug-likeness (QED) is 0.735. The van der Waals surface area contributed by atoms with Gasteiger partial charge in [-0.05, 0) is 25.0 Å². The molecule has 0 aromatic heterocycles. The lowest BCUT2D eigenvalue weighted by Gasteiger charge is -2.24. The van der Waals surface area contributed by atoms with Gasteiger partial charge in [-0.2, -0.15) is 0 Å². The van der Waals surface area contributed by atoms with Crippen molar-refractivity contribution in [2.24, 2.45) is 5.41 Å². The number of carbonyl (C=O) groups excluding carboxylic acids is 1. The third-order valence-corrected chi connectivity index (χ3v) is 4.07. The number of amides is 1. The topological polar surface area (TPSA) is 98.1 Å². The van der Waals surface area contributed by atoms with Crippen LogP contribution in [0.5, 0.6) is 11.5 Å². The lowest BCUT2D eigenvalue weighted by Crippen LogP contribution is -2.36. The Morgan fingerprint density at radius 2 is 2.05 bits per heavy atom. The number of aliphatic carboxylic acids is 1. The molecule has 1 atom stereocenters. The standard InChI is InChI=1S/C15H19NO5/c1-2-6-15(14(20)21)7-8-16(9-15)13(19)10-4-3-5-11(17)12(10)18/h3-5,17-18H,2,6-9H2,1H3,(H,20,21). The van der Waals surface area contributed by atoms with Crippen LogP contribution in [-0.4, -0.2) is 45.2 Å². The van der Waals surface area contributed by atoms with E-state index in [4.69, 9.17) is 0 Å². The molecule has 1 fully saturated rings. The number of nitrogens with zero attached hydrogens (tertiary/aromatic N) is 1. The van der Waals surface area contributed by atoms with Crippen molar-refractivity contribution in [3.63, 3.8) is 0 Å². The zero-order valence-electron chi connectivity index (χ0n) is 11.9. The molecule has 1 saturated heterocycles. The molecule has 0 spiro atoms. The molecule has 0 aliphatic carbocycles. The maximum atomic E-state index is 12.4. The molecular weight excluding hydrogens is 274 g/mol. The summed E-state index contributed by atoms with van der Waals surface area (Å²) in [4.78, 5) is 25.3. The zero-order chi connectivity index (χ0) is 15.6. The summed E-state index contributed by atoms with van der Waals surface area (Å²) in [5.74, 6) is -2.17. The molecule has 1 aromatic rings. The van der Waals surface area contributed by atoms with Gasteiger partial charge in [0, 0.05) is 13.1 Å². The smallest absolute Gasteiger partial charge is 0.311 e. The van der Waals surface area contributed by atoms with Gasteiger partial charge in [-0.1, -0.05) is 19.4 Å². The Bertz CT molecular complexity index is 571. The molecule has 1 unspecified atom stereocenters. The lowest BCUT2D eigenvalue weighted by atomic mass is 9.83. The van der Waals surface area contributed by atoms with Crippen LogP contribution in [0.15, 0.2) is 18.2 Å². The maximum absolute atomic E-state index is 12.4. The van der Waals surface area contributed by atoms with E-state index in [1.165, 1.54) is 23.1 Å². The van der Waals surface area contributed by atoms with E-state index in [2.05, 4.69) is 0 Å². The van der Waals surface area contributed by atoms with Crippen molar-refractivity contribution in [1.82, 2.24) is 4.90 Å². The molecular formula is C15H19NO5. The van der Waals surface area contributed by atoms with Gasteiger partial charge in [-0.3, -0.25) is 9.59 Å². The first kappa shape index (κ1) is 15.2. The maximum Gasteiger partial charge on any atom is 0.311 e. The average molecular weight is 293 g/mol. The molecule has 0 bridgehead atoms. The Hall–Kier alpha value is -2.24. The minimum Gasteiger partial charge on any atom is -0.504 e. The minimum absolute atomic E-state index is 0.00677. The molecule has 1 aromatic carbocycles. The first-order valence-corrected chi connectivity index (χ1v) is 6.95. The van der Waals surface area contributed by atoms with Crippen molar-refractivity contribution >= 4 is 11.9 Å². The summed E-state index contributed by atoms with van der Waals surface area (Å²) >= 11 is 0. The predicted molar refractivity (Wildman–Crippen MR) is 75.3 cm³/mol. The van der Waals surface area contributed by atoms with Crippen LogP contribution in [0.3, 0.4) is 0 Å². The van der Waals surface area contributed by atoms with Gasteiger partial charge in [-0.25, -0.2) is 0 Å². The number of phenols is 2. The highest BCUT2D eigenvalue weighted by Crippen LogP contribution is 2.37. The second-order valence-corrected chi connectivity index (χ2v) is 5.49. The van der Waals surface area contributed by atoms with Crippen LogP contribution in [0.4, 0.5) is 0 Å². The van der Waals surface area contributed by atoms with E-state index >= 15 is 0 Å². The number of likely N-dealkylation sites (tertiary alicyclic amines) is 1. The first-order chi connectivity index (χ1) is 9.91. The second-order valence-electron chi connectivity index (χ2n) is 5.49. The number of carboxylic acids is 1. The summed E-state index contributed by atoms with van der Waals surface area (Å²) in [5.41, 5.74) is -0.913. The van der Waals surface area contributed by atoms with Crippen molar-refractivity contribution < 1.29 is 24.9 Å². The zero-order valence-corrected chi connectivity index (χ0v) is 11.9. The number of phenolic OH excluding ortho intramolecular Hbond substituents is 2. The summed E-state index contributed by atoms with van der Waals surface area (Å²) in [6.45, 7) is 2.38. The number of rotatable bonds is 4. The number of benzene rings is 1. The molecule has 114 valence electrons. The monoisotopic (exact) mass is 293 g/mol. The molecule has 3 N–H and O–H groups in total. The van der Waals surface area contributed by atoms with Gasteiger partial charge in [0.2, 0.25) is 0 Å². The molecule has 6 nitrogen and oxygen atoms in total. The molecule has 1 aliphatic heterocycles. The van der Waals surface area contributed by atoms with Crippen LogP contribution in [-0.2, 0) is 4.79 Å². The van der Waals surface area contributed by atoms with Crippen molar-refractivity contribution in [3.8, 4) is 11.5 Å². The van der Waals surface area contributed by atoms with Crippen molar-refractivity contribution in [2.75, 3.05) is 13.1 Å². The van der Waals surface area contributed by atoms with E-state index in [-0.39, 0.29) is 17.9 Å². The summed E-state index contributed by atoms with van der Waals surface area (Å²) in [6.07, 6.45) is 1.64. The average Bonchev–Trinajstić information content (AvgIpc) is 2.87. The van der Waals surface area contributed by atoms with Crippen molar-refractivity contribution in [2.45, 2.75) is 26.2 Å². The number of para-hydroxylation sites is 1. The fourth-order valence-electron chi connectivity index (χ4n) is 2.88. The SMILES string of the molecule is CCCC1(C(=O)O)CCN(C(=O)c2cccc(O)c2O)C1. The lowest BCUT2D eigenvalue weighted by molar-refractivity contribution is -0.148. The number of hydrogen-bond donors (Lipinski definition) is 3. The number of aromatic hydroxyl groups is 2. The van der Waals surface area contributed by atoms with Gasteiger partial charge in [0.25, 0.3) is 5.91 Å². The van der Waals surface area contributed by atoms with E-state index in [1.807, 2.05) is 6.92 Å². The molecule has 2 rings (SSSR count). The van der Waals surface area contributed by atoms with E-state index in [0.717, 1.165) is 6.42 Å². The number of carbonyl (C=O) groups is 2. The van der Waals surface area contributed by atoms with Gasteiger partial charge >= 0.3 is 5.97 Å². The third-order valence-electron chi connectivity index (χ3n) is 4.07. The summed E-state index contributed by atoms with van der Waals surface area (Å²) in [5, 5.41) is 28.6. The van der Waals surface area contributed by atoms with Gasteiger partial charge in [-0.15, -0.1) is 0 Å². The fraction of sp³-hybridized carbons (Fsp3) is 0.467. The molecule has 1 aliphatic rings. The molecule has 21 heavy (non-hydrogen) atoms. The first-order valence-electron chi connectivity index (χ1n) is 6.95. The molecule has 0 radical (unpaired) electrons. The Labute approximate surface area is 122 Å². The predicted octanol–water partition coefficient (Wildman–Crippen LogP) is 1.81. The number of carboxylic acid groups (broad SMARTS) is 1. The van der Waals surface area contributed by atoms with Crippen molar-refractivity contribution in [1.29, 1.82) is 0 Å². The summed E-state index contributed by atoms with van der Waals surface area (Å²) < 4.78 is 0. The van der Waals surface area contributed by atoms with Gasteiger partial charge in [0.15, 0.2) is 11.5 Å². The highest BCUT2D eigenvalue weighted by atomic mass is 16.4. The summed E-state index contributed by atoms with van der Waals surface area (Å²) in [6, 6.07) is 4.17. The van der Waals surface area contributed by atoms with Gasteiger partial charge < -0.3 is 20.2 Å². The fourth-order valence-corrected chi connectivity index (χ4v) is 2.88. The van der Waals surface area contributed by atoms with E-state index in [0.29, 0.717) is 19.4 Å². The Balaban J connectivity index is 2.23. The van der Waals surface area contributed by atoms with Crippen LogP contribution in [0.25, 0.3) is 0 Å². The molecule has 1 heterocycles. The molecule has 0 saturated carbocycles. The second kappa shape index (κ2) is 5.63. The van der Waals surface area contributed by atoms with Crippen LogP contribution in [0, 0.1) is 5.41 Å². The van der Waals surface area contributed by atoms with Crippen molar-refractivity contribution in [3.05, 3.63) is 23.8 Å². The molecule has 1 amide bonds. The highest BCUT2D eigenvalue weighted by Gasteiger charge is 2.45. The molecule has 6 heteroatoms. The van der Waals surface area contributed by atoms with Gasteiger partial charge in [0.05, 0.1) is 11.0 Å². The largest absolute Gasteiger partial charge is 0.504 e. The van der Waals surface area contributed by atoms with Crippen LogP contribution < -0.4 is 0 Å². The van der Waals surface area contributed by atoms with Crippen LogP contribution in [0.2, 0.25) is 0 Å². The van der Waals surface area contributed by atoms with E-state index < -0.39 is 23.0 Å². The minimum atomic E-state index is -0.906. The van der Waals surface area contributed by atoms with E-state index in [9.17, 15) is 24.9 Å². The summed E-state index contributed by atoms with van der Waals surface area (Å²) in [7, 11) is 0.